The fourth-order valence-electron chi connectivity index (χ4n) is 0. The summed E-state index contributed by atoms with van der Waals surface area (Å²) in [5, 5.41) is 0. The van der Waals surface area contributed by atoms with Gasteiger partial charge < -0.3 is 99.3 Å². The Bertz CT molecular complexity index is 9.22. The van der Waals surface area contributed by atoms with Gasteiger partial charge in [-0.3, -0.25) is 0 Å². The topological polar surface area (TPSA) is 0 Å². The molecule has 0 aromatic rings. The number of rotatable bonds is 0. The summed E-state index contributed by atoms with van der Waals surface area (Å²) in [6.45, 7) is 0. The summed E-state index contributed by atoms with van der Waals surface area (Å²) in [4.78, 5) is 0. The minimum Gasteiger partial charge on any atom is -1.00 e. The molecule has 0 bridgehead atoms. The molecule has 0 rings (SSSR count). The van der Waals surface area contributed by atoms with Crippen molar-refractivity contribution < 1.29 is 122 Å². The zero-order valence-corrected chi connectivity index (χ0v) is 14.5. The molecule has 0 heterocycles. The van der Waals surface area contributed by atoms with Gasteiger partial charge in [-0.2, -0.15) is 0 Å². The number of hydrogen-bond acceptors (Lipinski definition) is 0. The molecule has 0 aromatic heterocycles. The third kappa shape index (κ3) is 101. The van der Waals surface area contributed by atoms with Gasteiger partial charge in [0.25, 0.3) is 0 Å². The second kappa shape index (κ2) is 131. The average Bonchev–Trinajstić information content (AvgIpc) is 0. The SMILES string of the molecule is [Al+3].[Cl-].[Cl-].[Cl-].[Cl-].[Cl-].[Cl-].[Cl-].[Cl-].[Ta+5]. The molecule has 10 heteroatoms. The molecule has 0 saturated carbocycles. The van der Waals surface area contributed by atoms with Gasteiger partial charge in [0.05, 0.1) is 0 Å². The van der Waals surface area contributed by atoms with Gasteiger partial charge in [0.1, 0.15) is 0 Å². The van der Waals surface area contributed by atoms with Crippen LogP contribution in [0.5, 0.6) is 0 Å². The van der Waals surface area contributed by atoms with Gasteiger partial charge in [-0.25, -0.2) is 0 Å². The van der Waals surface area contributed by atoms with Crippen LogP contribution >= 0.6 is 0 Å². The largest absolute Gasteiger partial charge is 5.00 e. The predicted molar refractivity (Wildman–Crippen MR) is 5.75 cm³/mol. The first kappa shape index (κ1) is 167. The Morgan fingerprint density at radius 3 is 0.300 bits per heavy atom. The first-order valence-corrected chi connectivity index (χ1v) is 0. The first-order chi connectivity index (χ1) is 0. The van der Waals surface area contributed by atoms with Crippen LogP contribution in [0.2, 0.25) is 0 Å². The maximum atomic E-state index is 0. The molecule has 0 aliphatic carbocycles. The van der Waals surface area contributed by atoms with Crippen molar-refractivity contribution in [2.75, 3.05) is 0 Å². The third-order valence-corrected chi connectivity index (χ3v) is 0. The minimum atomic E-state index is 0. The van der Waals surface area contributed by atoms with E-state index in [9.17, 15) is 0 Å². The Morgan fingerprint density at radius 2 is 0.300 bits per heavy atom. The predicted octanol–water partition coefficient (Wildman–Crippen LogP) is -24.4. The molecule has 0 aliphatic heterocycles. The Balaban J connectivity index is 0. The molecular weight excluding hydrogens is 492 g/mol. The zero-order chi connectivity index (χ0) is 0. The van der Waals surface area contributed by atoms with E-state index < -0.39 is 0 Å². The van der Waals surface area contributed by atoms with Crippen LogP contribution in [0.25, 0.3) is 0 Å². The van der Waals surface area contributed by atoms with Crippen molar-refractivity contribution >= 4 is 17.4 Å². The molecule has 64 valence electrons. The standard InChI is InChI=1S/Al.8ClH.Ta/h;8*1H;/q+3;;;;;;;;;+5/p-8. The normalized spacial score (nSPS) is 0. The second-order valence-corrected chi connectivity index (χ2v) is 0. The van der Waals surface area contributed by atoms with E-state index in [0.717, 1.165) is 0 Å². The maximum Gasteiger partial charge on any atom is 5.00 e. The van der Waals surface area contributed by atoms with Crippen molar-refractivity contribution in [3.63, 3.8) is 0 Å². The summed E-state index contributed by atoms with van der Waals surface area (Å²) in [5.74, 6) is 0. The fraction of sp³-hybridized carbons (Fsp3) is 0. The van der Waals surface area contributed by atoms with Gasteiger partial charge in [-0.05, 0) is 0 Å². The summed E-state index contributed by atoms with van der Waals surface area (Å²) in [6.07, 6.45) is 0. The third-order valence-electron chi connectivity index (χ3n) is 0. The fourth-order valence-corrected chi connectivity index (χ4v) is 0. The Hall–Kier alpha value is 3.59. The molecule has 0 fully saturated rings. The molecule has 0 nitrogen and oxygen atoms in total. The average molecular weight is 492 g/mol. The van der Waals surface area contributed by atoms with Crippen LogP contribution in [0.1, 0.15) is 0 Å². The Kier molecular flexibility index (Phi) is 2190. The van der Waals surface area contributed by atoms with Crippen molar-refractivity contribution in [3.8, 4) is 0 Å². The van der Waals surface area contributed by atoms with Crippen LogP contribution in [-0.2, 0) is 22.4 Å². The molecule has 0 saturated heterocycles. The monoisotopic (exact) mass is 488 g/mol. The van der Waals surface area contributed by atoms with E-state index >= 15 is 0 Å². The summed E-state index contributed by atoms with van der Waals surface area (Å²) in [5.41, 5.74) is 0. The van der Waals surface area contributed by atoms with E-state index in [2.05, 4.69) is 0 Å². The van der Waals surface area contributed by atoms with E-state index in [1.165, 1.54) is 0 Å². The van der Waals surface area contributed by atoms with E-state index in [4.69, 9.17) is 0 Å². The quantitative estimate of drug-likeness (QED) is 0.296. The van der Waals surface area contributed by atoms with Crippen molar-refractivity contribution in [2.24, 2.45) is 0 Å². The maximum absolute atomic E-state index is 0. The molecule has 0 spiro atoms. The van der Waals surface area contributed by atoms with Gasteiger partial charge in [-0.1, -0.05) is 0 Å². The van der Waals surface area contributed by atoms with E-state index in [-0.39, 0.29) is 139 Å². The van der Waals surface area contributed by atoms with Crippen molar-refractivity contribution in [1.29, 1.82) is 0 Å². The smallest absolute Gasteiger partial charge is 1.00 e. The number of halogens is 8. The second-order valence-electron chi connectivity index (χ2n) is 0. The van der Waals surface area contributed by atoms with Crippen LogP contribution in [0.3, 0.4) is 0 Å². The van der Waals surface area contributed by atoms with Crippen LogP contribution in [0.15, 0.2) is 0 Å². The van der Waals surface area contributed by atoms with Gasteiger partial charge in [0, 0.05) is 0 Å². The zero-order valence-electron chi connectivity index (χ0n) is 4.05. The Labute approximate surface area is 137 Å². The summed E-state index contributed by atoms with van der Waals surface area (Å²) in [7, 11) is 0. The molecule has 0 atom stereocenters. The van der Waals surface area contributed by atoms with E-state index in [0.29, 0.717) is 0 Å². The van der Waals surface area contributed by atoms with Crippen molar-refractivity contribution in [1.82, 2.24) is 0 Å². The summed E-state index contributed by atoms with van der Waals surface area (Å²) < 4.78 is 0. The number of hydrogen-bond donors (Lipinski definition) is 0. The molecule has 0 aliphatic rings. The van der Waals surface area contributed by atoms with Crippen molar-refractivity contribution in [2.45, 2.75) is 0 Å². The summed E-state index contributed by atoms with van der Waals surface area (Å²) >= 11 is 0. The molecular formula is AlCl8Ta. The van der Waals surface area contributed by atoms with Gasteiger partial charge in [-0.15, -0.1) is 0 Å². The minimum absolute atomic E-state index is 0. The van der Waals surface area contributed by atoms with Gasteiger partial charge in [0.2, 0.25) is 0 Å². The van der Waals surface area contributed by atoms with Crippen molar-refractivity contribution in [3.05, 3.63) is 0 Å². The molecule has 0 radical (unpaired) electrons. The molecule has 0 amide bonds. The van der Waals surface area contributed by atoms with Gasteiger partial charge in [0.15, 0.2) is 0 Å². The van der Waals surface area contributed by atoms with Crippen LogP contribution < -0.4 is 99.3 Å². The molecule has 0 unspecified atom stereocenters. The van der Waals surface area contributed by atoms with Gasteiger partial charge >= 0.3 is 39.7 Å². The first-order valence-electron chi connectivity index (χ1n) is 0. The summed E-state index contributed by atoms with van der Waals surface area (Å²) in [6, 6.07) is 0. The van der Waals surface area contributed by atoms with Crippen LogP contribution in [0.4, 0.5) is 0 Å². The molecule has 10 heavy (non-hydrogen) atoms. The van der Waals surface area contributed by atoms with E-state index in [1.54, 1.807) is 0 Å². The van der Waals surface area contributed by atoms with Crippen LogP contribution in [-0.4, -0.2) is 17.4 Å². The molecule has 0 N–H and O–H groups in total. The molecule has 0 aromatic carbocycles. The van der Waals surface area contributed by atoms with Crippen LogP contribution in [0, 0.1) is 0 Å². The van der Waals surface area contributed by atoms with E-state index in [1.807, 2.05) is 0 Å². The Morgan fingerprint density at radius 1 is 0.300 bits per heavy atom.